The fourth-order valence-electron chi connectivity index (χ4n) is 3.11. The number of ether oxygens (including phenoxy) is 2. The van der Waals surface area contributed by atoms with Crippen LogP contribution in [0.3, 0.4) is 0 Å². The Hall–Kier alpha value is -2.71. The molecule has 3 aromatic rings. The highest BCUT2D eigenvalue weighted by molar-refractivity contribution is 7.99. The molecule has 0 aliphatic rings. The van der Waals surface area contributed by atoms with Crippen LogP contribution in [0.4, 0.5) is 5.69 Å². The van der Waals surface area contributed by atoms with Crippen LogP contribution in [0, 0.1) is 13.8 Å². The number of rotatable bonds is 9. The highest BCUT2D eigenvalue weighted by Gasteiger charge is 2.15. The molecule has 3 rings (SSSR count). The second kappa shape index (κ2) is 10.5. The summed E-state index contributed by atoms with van der Waals surface area (Å²) in [6, 6.07) is 11.1. The Labute approximate surface area is 191 Å². The predicted molar refractivity (Wildman–Crippen MR) is 123 cm³/mol. The maximum atomic E-state index is 12.4. The average molecular weight is 461 g/mol. The Kier molecular flexibility index (Phi) is 7.81. The summed E-state index contributed by atoms with van der Waals surface area (Å²) < 4.78 is 13.2. The van der Waals surface area contributed by atoms with E-state index in [0.29, 0.717) is 40.6 Å². The normalized spacial score (nSPS) is 10.7. The van der Waals surface area contributed by atoms with Crippen molar-refractivity contribution in [1.29, 1.82) is 0 Å². The molecule has 0 unspecified atom stereocenters. The first kappa shape index (κ1) is 23.0. The number of carbonyl (C=O) groups excluding carboxylic acids is 1. The number of methoxy groups -OCH3 is 1. The lowest BCUT2D eigenvalue weighted by Crippen LogP contribution is -2.15. The number of hydrogen-bond acceptors (Lipinski definition) is 6. The minimum Gasteiger partial charge on any atom is -0.495 e. The van der Waals surface area contributed by atoms with Gasteiger partial charge in [-0.05, 0) is 50.1 Å². The summed E-state index contributed by atoms with van der Waals surface area (Å²) in [5.74, 6) is 2.10. The van der Waals surface area contributed by atoms with Gasteiger partial charge in [0, 0.05) is 11.6 Å². The lowest BCUT2D eigenvalue weighted by molar-refractivity contribution is -0.113. The topological polar surface area (TPSA) is 78.3 Å². The average Bonchev–Trinajstić information content (AvgIpc) is 3.14. The van der Waals surface area contributed by atoms with E-state index >= 15 is 0 Å². The zero-order valence-electron chi connectivity index (χ0n) is 17.9. The molecule has 2 aromatic carbocycles. The smallest absolute Gasteiger partial charge is 0.234 e. The predicted octanol–water partition coefficient (Wildman–Crippen LogP) is 4.89. The van der Waals surface area contributed by atoms with Gasteiger partial charge < -0.3 is 19.4 Å². The van der Waals surface area contributed by atoms with Crippen LogP contribution in [0.25, 0.3) is 0 Å². The van der Waals surface area contributed by atoms with Gasteiger partial charge >= 0.3 is 0 Å². The summed E-state index contributed by atoms with van der Waals surface area (Å²) >= 11 is 7.33. The van der Waals surface area contributed by atoms with Gasteiger partial charge in [-0.15, -0.1) is 10.2 Å². The number of thioether (sulfide) groups is 1. The summed E-state index contributed by atoms with van der Waals surface area (Å²) in [6.07, 6.45) is 0. The number of anilines is 1. The van der Waals surface area contributed by atoms with Gasteiger partial charge in [0.2, 0.25) is 5.91 Å². The molecular weight excluding hydrogens is 436 g/mol. The maximum Gasteiger partial charge on any atom is 0.234 e. The lowest BCUT2D eigenvalue weighted by atomic mass is 10.1. The highest BCUT2D eigenvalue weighted by atomic mass is 35.5. The van der Waals surface area contributed by atoms with Crippen LogP contribution in [-0.2, 0) is 17.9 Å². The molecule has 0 spiro atoms. The van der Waals surface area contributed by atoms with Crippen molar-refractivity contribution in [2.75, 3.05) is 18.2 Å². The third-order valence-electron chi connectivity index (χ3n) is 4.63. The number of benzene rings is 2. The van der Waals surface area contributed by atoms with Crippen molar-refractivity contribution >= 4 is 35.0 Å². The van der Waals surface area contributed by atoms with E-state index in [-0.39, 0.29) is 11.7 Å². The molecule has 1 aromatic heterocycles. The van der Waals surface area contributed by atoms with E-state index in [4.69, 9.17) is 21.1 Å². The summed E-state index contributed by atoms with van der Waals surface area (Å²) in [4.78, 5) is 12.4. The summed E-state index contributed by atoms with van der Waals surface area (Å²) in [6.45, 7) is 7.01. The number of carbonyl (C=O) groups is 1. The number of amides is 1. The van der Waals surface area contributed by atoms with E-state index in [2.05, 4.69) is 15.5 Å². The van der Waals surface area contributed by atoms with Crippen molar-refractivity contribution in [2.24, 2.45) is 0 Å². The number of nitrogens with zero attached hydrogens (tertiary/aromatic N) is 3. The molecule has 31 heavy (non-hydrogen) atoms. The van der Waals surface area contributed by atoms with Crippen LogP contribution < -0.4 is 14.8 Å². The molecule has 9 heteroatoms. The number of nitrogens with one attached hydrogen (secondary N) is 1. The van der Waals surface area contributed by atoms with E-state index in [1.165, 1.54) is 11.8 Å². The molecule has 0 saturated carbocycles. The molecule has 0 fully saturated rings. The third-order valence-corrected chi connectivity index (χ3v) is 5.83. The fourth-order valence-corrected chi connectivity index (χ4v) is 4.10. The molecule has 0 atom stereocenters. The van der Waals surface area contributed by atoms with E-state index in [0.717, 1.165) is 16.9 Å². The van der Waals surface area contributed by atoms with Gasteiger partial charge in [0.25, 0.3) is 0 Å². The number of para-hydroxylation sites is 1. The third kappa shape index (κ3) is 5.71. The number of aromatic nitrogens is 3. The molecule has 0 aliphatic carbocycles. The quantitative estimate of drug-likeness (QED) is 0.458. The zero-order valence-corrected chi connectivity index (χ0v) is 19.5. The molecule has 0 saturated heterocycles. The number of hydrogen-bond donors (Lipinski definition) is 1. The van der Waals surface area contributed by atoms with Gasteiger partial charge in [-0.1, -0.05) is 41.6 Å². The Morgan fingerprint density at radius 3 is 2.61 bits per heavy atom. The van der Waals surface area contributed by atoms with Gasteiger partial charge in [-0.25, -0.2) is 0 Å². The number of aryl methyl sites for hydroxylation is 2. The van der Waals surface area contributed by atoms with E-state index < -0.39 is 0 Å². The first-order chi connectivity index (χ1) is 14.9. The van der Waals surface area contributed by atoms with Crippen LogP contribution in [-0.4, -0.2) is 33.5 Å². The summed E-state index contributed by atoms with van der Waals surface area (Å²) in [5.41, 5.74) is 2.68. The van der Waals surface area contributed by atoms with Gasteiger partial charge in [0.05, 0.1) is 18.6 Å². The van der Waals surface area contributed by atoms with Crippen LogP contribution in [0.2, 0.25) is 5.02 Å². The molecule has 1 amide bonds. The van der Waals surface area contributed by atoms with Gasteiger partial charge in [0.1, 0.15) is 18.1 Å². The Bertz CT molecular complexity index is 1050. The molecule has 164 valence electrons. The summed E-state index contributed by atoms with van der Waals surface area (Å²) in [5, 5.41) is 12.5. The maximum absolute atomic E-state index is 12.4. The molecule has 1 heterocycles. The van der Waals surface area contributed by atoms with Crippen LogP contribution >= 0.6 is 23.4 Å². The minimum atomic E-state index is -0.190. The van der Waals surface area contributed by atoms with Crippen LogP contribution in [0.5, 0.6) is 11.5 Å². The lowest BCUT2D eigenvalue weighted by Gasteiger charge is -2.13. The largest absolute Gasteiger partial charge is 0.495 e. The first-order valence-corrected chi connectivity index (χ1v) is 11.2. The second-order valence-corrected chi connectivity index (χ2v) is 8.21. The fraction of sp³-hybridized carbons (Fsp3) is 0.318. The zero-order chi connectivity index (χ0) is 22.4. The van der Waals surface area contributed by atoms with Crippen LogP contribution in [0.15, 0.2) is 41.6 Å². The Morgan fingerprint density at radius 1 is 1.19 bits per heavy atom. The van der Waals surface area contributed by atoms with Crippen molar-refractivity contribution in [3.8, 4) is 11.5 Å². The van der Waals surface area contributed by atoms with Gasteiger partial charge in [-0.3, -0.25) is 4.79 Å². The molecule has 0 bridgehead atoms. The van der Waals surface area contributed by atoms with Crippen molar-refractivity contribution in [1.82, 2.24) is 14.8 Å². The Balaban J connectivity index is 1.63. The van der Waals surface area contributed by atoms with E-state index in [9.17, 15) is 4.79 Å². The van der Waals surface area contributed by atoms with Crippen molar-refractivity contribution in [3.63, 3.8) is 0 Å². The van der Waals surface area contributed by atoms with Crippen molar-refractivity contribution in [3.05, 3.63) is 58.4 Å². The van der Waals surface area contributed by atoms with E-state index in [1.54, 1.807) is 25.3 Å². The molecule has 7 nitrogen and oxygen atoms in total. The molecule has 0 aliphatic heterocycles. The molecule has 1 N–H and O–H groups in total. The number of halogens is 1. The summed E-state index contributed by atoms with van der Waals surface area (Å²) in [7, 11) is 1.54. The second-order valence-electron chi connectivity index (χ2n) is 6.83. The van der Waals surface area contributed by atoms with Gasteiger partial charge in [0.15, 0.2) is 11.0 Å². The van der Waals surface area contributed by atoms with Crippen LogP contribution in [0.1, 0.15) is 23.9 Å². The van der Waals surface area contributed by atoms with Crippen molar-refractivity contribution in [2.45, 2.75) is 39.1 Å². The Morgan fingerprint density at radius 2 is 1.94 bits per heavy atom. The monoisotopic (exact) mass is 460 g/mol. The SMILES string of the molecule is CCn1c(COc2c(C)cccc2C)nnc1SCC(=O)Nc1cc(Cl)ccc1OC. The molecule has 0 radical (unpaired) electrons. The van der Waals surface area contributed by atoms with Gasteiger partial charge in [-0.2, -0.15) is 0 Å². The first-order valence-electron chi connectivity index (χ1n) is 9.80. The van der Waals surface area contributed by atoms with Crippen molar-refractivity contribution < 1.29 is 14.3 Å². The standard InChI is InChI=1S/C22H25ClN4O3S/c1-5-27-19(12-30-21-14(2)7-6-8-15(21)3)25-26-22(27)31-13-20(28)24-17-11-16(23)9-10-18(17)29-4/h6-11H,5,12-13H2,1-4H3,(H,24,28). The minimum absolute atomic E-state index is 0.172. The molecular formula is C22H25ClN4O3S. The highest BCUT2D eigenvalue weighted by Crippen LogP contribution is 2.28. The van der Waals surface area contributed by atoms with E-state index in [1.807, 2.05) is 43.5 Å².